The molecular weight excluding hydrogens is 320 g/mol. The molecule has 0 atom stereocenters. The Balaban J connectivity index is 1.49. The summed E-state index contributed by atoms with van der Waals surface area (Å²) in [5.74, 6) is 1.43. The fourth-order valence-electron chi connectivity index (χ4n) is 2.53. The van der Waals surface area contributed by atoms with Crippen LogP contribution in [-0.4, -0.2) is 12.6 Å². The van der Waals surface area contributed by atoms with Crippen molar-refractivity contribution < 1.29 is 14.3 Å². The molecule has 0 amide bonds. The van der Waals surface area contributed by atoms with Gasteiger partial charge in [-0.2, -0.15) is 0 Å². The molecule has 0 bridgehead atoms. The minimum absolute atomic E-state index is 0.0228. The summed E-state index contributed by atoms with van der Waals surface area (Å²) < 4.78 is 10.6. The van der Waals surface area contributed by atoms with Crippen molar-refractivity contribution >= 4 is 23.2 Å². The van der Waals surface area contributed by atoms with Crippen molar-refractivity contribution in [2.75, 3.05) is 6.79 Å². The van der Waals surface area contributed by atoms with Crippen molar-refractivity contribution in [3.8, 4) is 21.9 Å². The highest BCUT2D eigenvalue weighted by Crippen LogP contribution is 2.32. The van der Waals surface area contributed by atoms with Crippen molar-refractivity contribution in [1.29, 1.82) is 0 Å². The molecule has 1 aromatic heterocycles. The summed E-state index contributed by atoms with van der Waals surface area (Å²) in [6.45, 7) is 0.248. The molecule has 4 heteroatoms. The number of thiophene rings is 1. The van der Waals surface area contributed by atoms with E-state index >= 15 is 0 Å². The number of hydrogen-bond acceptors (Lipinski definition) is 4. The lowest BCUT2D eigenvalue weighted by Crippen LogP contribution is -1.93. The van der Waals surface area contributed by atoms with E-state index in [9.17, 15) is 4.79 Å². The third-order valence-corrected chi connectivity index (χ3v) is 4.72. The number of ketones is 1. The normalized spacial score (nSPS) is 12.7. The lowest BCUT2D eigenvalue weighted by atomic mass is 10.1. The summed E-state index contributed by atoms with van der Waals surface area (Å²) >= 11 is 1.69. The topological polar surface area (TPSA) is 35.5 Å². The van der Waals surface area contributed by atoms with E-state index in [1.165, 1.54) is 4.88 Å². The molecule has 3 aromatic rings. The van der Waals surface area contributed by atoms with Crippen LogP contribution in [0.3, 0.4) is 0 Å². The number of ether oxygens (including phenoxy) is 2. The molecule has 0 radical (unpaired) electrons. The van der Waals surface area contributed by atoms with Crippen molar-refractivity contribution in [2.24, 2.45) is 0 Å². The van der Waals surface area contributed by atoms with Crippen LogP contribution in [0, 0.1) is 0 Å². The van der Waals surface area contributed by atoms with Crippen LogP contribution in [0.4, 0.5) is 0 Å². The number of allylic oxidation sites excluding steroid dienone is 1. The maximum Gasteiger partial charge on any atom is 0.231 e. The molecule has 2 heterocycles. The second kappa shape index (κ2) is 6.34. The van der Waals surface area contributed by atoms with E-state index < -0.39 is 0 Å². The Morgan fingerprint density at radius 2 is 1.83 bits per heavy atom. The van der Waals surface area contributed by atoms with Gasteiger partial charge in [-0.15, -0.1) is 11.3 Å². The third kappa shape index (κ3) is 2.96. The predicted molar refractivity (Wildman–Crippen MR) is 95.7 cm³/mol. The minimum atomic E-state index is -0.0228. The smallest absolute Gasteiger partial charge is 0.231 e. The molecule has 118 valence electrons. The first-order chi connectivity index (χ1) is 11.8. The van der Waals surface area contributed by atoms with Gasteiger partial charge in [0, 0.05) is 10.4 Å². The first-order valence-electron chi connectivity index (χ1n) is 7.55. The van der Waals surface area contributed by atoms with Crippen molar-refractivity contribution in [2.45, 2.75) is 0 Å². The van der Waals surface area contributed by atoms with Gasteiger partial charge in [-0.1, -0.05) is 42.5 Å². The van der Waals surface area contributed by atoms with Crippen LogP contribution < -0.4 is 9.47 Å². The van der Waals surface area contributed by atoms with E-state index in [4.69, 9.17) is 9.47 Å². The molecule has 2 aromatic carbocycles. The Morgan fingerprint density at radius 1 is 1.00 bits per heavy atom. The predicted octanol–water partition coefficient (Wildman–Crippen LogP) is 5.04. The molecule has 0 saturated heterocycles. The van der Waals surface area contributed by atoms with Gasteiger partial charge in [-0.05, 0) is 40.8 Å². The first kappa shape index (κ1) is 14.7. The van der Waals surface area contributed by atoms with E-state index in [1.54, 1.807) is 23.5 Å². The number of carbonyl (C=O) groups is 1. The molecule has 0 aliphatic carbocycles. The van der Waals surface area contributed by atoms with Crippen LogP contribution in [0.5, 0.6) is 11.5 Å². The molecule has 1 aliphatic heterocycles. The van der Waals surface area contributed by atoms with Crippen LogP contribution in [0.25, 0.3) is 16.5 Å². The Bertz CT molecular complexity index is 893. The van der Waals surface area contributed by atoms with Crippen LogP contribution in [0.2, 0.25) is 0 Å². The number of benzene rings is 2. The largest absolute Gasteiger partial charge is 0.454 e. The zero-order valence-corrected chi connectivity index (χ0v) is 13.6. The van der Waals surface area contributed by atoms with Crippen molar-refractivity contribution in [3.63, 3.8) is 0 Å². The lowest BCUT2D eigenvalue weighted by Gasteiger charge is -2.00. The molecule has 24 heavy (non-hydrogen) atoms. The quantitative estimate of drug-likeness (QED) is 0.495. The van der Waals surface area contributed by atoms with Gasteiger partial charge in [0.2, 0.25) is 6.79 Å². The van der Waals surface area contributed by atoms with Gasteiger partial charge in [0.25, 0.3) is 0 Å². The summed E-state index contributed by atoms with van der Waals surface area (Å²) in [6, 6.07) is 17.4. The fourth-order valence-corrected chi connectivity index (χ4v) is 3.26. The zero-order valence-electron chi connectivity index (χ0n) is 12.8. The van der Waals surface area contributed by atoms with E-state index in [2.05, 4.69) is 6.07 Å². The fraction of sp³-hybridized carbons (Fsp3) is 0.0500. The summed E-state index contributed by atoms with van der Waals surface area (Å²) in [5.41, 5.74) is 2.71. The molecular formula is C20H14O3S. The Kier molecular flexibility index (Phi) is 3.89. The second-order valence-corrected chi connectivity index (χ2v) is 6.31. The van der Waals surface area contributed by atoms with Crippen LogP contribution in [0.15, 0.2) is 66.1 Å². The van der Waals surface area contributed by atoms with Crippen LogP contribution in [0.1, 0.15) is 15.9 Å². The van der Waals surface area contributed by atoms with E-state index in [0.717, 1.165) is 16.9 Å². The van der Waals surface area contributed by atoms with Gasteiger partial charge in [-0.3, -0.25) is 4.79 Å². The molecule has 0 spiro atoms. The van der Waals surface area contributed by atoms with Crippen LogP contribution in [-0.2, 0) is 0 Å². The molecule has 0 fully saturated rings. The van der Waals surface area contributed by atoms with Crippen molar-refractivity contribution in [3.05, 3.63) is 77.2 Å². The maximum atomic E-state index is 12.3. The molecule has 4 rings (SSSR count). The Morgan fingerprint density at radius 3 is 2.62 bits per heavy atom. The Hall–Kier alpha value is -2.85. The summed E-state index contributed by atoms with van der Waals surface area (Å²) in [5, 5.41) is 2.04. The average molecular weight is 334 g/mol. The molecule has 3 nitrogen and oxygen atoms in total. The summed E-state index contributed by atoms with van der Waals surface area (Å²) in [4.78, 5) is 13.5. The summed E-state index contributed by atoms with van der Waals surface area (Å²) in [7, 11) is 0. The highest BCUT2D eigenvalue weighted by atomic mass is 32.1. The van der Waals surface area contributed by atoms with Gasteiger partial charge < -0.3 is 9.47 Å². The van der Waals surface area contributed by atoms with Crippen LogP contribution >= 0.6 is 11.3 Å². The molecule has 1 aliphatic rings. The lowest BCUT2D eigenvalue weighted by molar-refractivity contribution is 0.104. The third-order valence-electron chi connectivity index (χ3n) is 3.80. The second-order valence-electron chi connectivity index (χ2n) is 5.36. The SMILES string of the molecule is O=C(/C=C/c1ccc2c(c1)OCO2)c1ccc(-c2cccs2)cc1. The molecule has 0 N–H and O–H groups in total. The molecule has 0 saturated carbocycles. The van der Waals surface area contributed by atoms with E-state index in [1.807, 2.05) is 53.9 Å². The van der Waals surface area contributed by atoms with Gasteiger partial charge in [0.1, 0.15) is 0 Å². The highest BCUT2D eigenvalue weighted by molar-refractivity contribution is 7.13. The van der Waals surface area contributed by atoms with Gasteiger partial charge >= 0.3 is 0 Å². The van der Waals surface area contributed by atoms with E-state index in [-0.39, 0.29) is 12.6 Å². The minimum Gasteiger partial charge on any atom is -0.454 e. The van der Waals surface area contributed by atoms with Crippen molar-refractivity contribution in [1.82, 2.24) is 0 Å². The van der Waals surface area contributed by atoms with E-state index in [0.29, 0.717) is 11.3 Å². The highest BCUT2D eigenvalue weighted by Gasteiger charge is 2.12. The van der Waals surface area contributed by atoms with Gasteiger partial charge in [0.15, 0.2) is 17.3 Å². The van der Waals surface area contributed by atoms with Gasteiger partial charge in [0.05, 0.1) is 0 Å². The monoisotopic (exact) mass is 334 g/mol. The Labute approximate surface area is 143 Å². The number of rotatable bonds is 4. The average Bonchev–Trinajstić information content (AvgIpc) is 3.31. The first-order valence-corrected chi connectivity index (χ1v) is 8.43. The summed E-state index contributed by atoms with van der Waals surface area (Å²) in [6.07, 6.45) is 3.37. The number of fused-ring (bicyclic) bond motifs is 1. The standard InChI is InChI=1S/C20H14O3S/c21-17(9-3-14-4-10-18-19(12-14)23-13-22-18)15-5-7-16(8-6-15)20-2-1-11-24-20/h1-12H,13H2/b9-3+. The molecule has 0 unspecified atom stereocenters. The maximum absolute atomic E-state index is 12.3. The van der Waals surface area contributed by atoms with Gasteiger partial charge in [-0.25, -0.2) is 0 Å². The zero-order chi connectivity index (χ0) is 16.4. The number of hydrogen-bond donors (Lipinski definition) is 0. The number of carbonyl (C=O) groups excluding carboxylic acids is 1.